The third-order valence-electron chi connectivity index (χ3n) is 2.60. The van der Waals surface area contributed by atoms with Gasteiger partial charge in [0.2, 0.25) is 0 Å². The summed E-state index contributed by atoms with van der Waals surface area (Å²) in [4.78, 5) is 11.1. The number of nitrogens with one attached hydrogen (secondary N) is 1. The van der Waals surface area contributed by atoms with Crippen molar-refractivity contribution in [2.75, 3.05) is 26.0 Å². The topological polar surface area (TPSA) is 58.6 Å². The van der Waals surface area contributed by atoms with Crippen LogP contribution in [0.5, 0.6) is 0 Å². The molecule has 4 nitrogen and oxygen atoms in total. The zero-order chi connectivity index (χ0) is 11.7. The molecule has 1 amide bonds. The molecule has 0 bridgehead atoms. The second kappa shape index (κ2) is 7.82. The number of thioether (sulfide) groups is 1. The fourth-order valence-electron chi connectivity index (χ4n) is 1.28. The highest BCUT2D eigenvalue weighted by atomic mass is 32.2. The third-order valence-corrected chi connectivity index (χ3v) is 4.19. The van der Waals surface area contributed by atoms with Gasteiger partial charge < -0.3 is 15.2 Å². The van der Waals surface area contributed by atoms with Gasteiger partial charge in [-0.05, 0) is 19.1 Å². The predicted octanol–water partition coefficient (Wildman–Crippen LogP) is 1.63. The zero-order valence-corrected chi connectivity index (χ0v) is 10.5. The Morgan fingerprint density at radius 1 is 1.47 bits per heavy atom. The minimum atomic E-state index is -0.454. The summed E-state index contributed by atoms with van der Waals surface area (Å²) in [6, 6.07) is 0. The normalized spacial score (nSPS) is 11.2. The van der Waals surface area contributed by atoms with Gasteiger partial charge in [-0.25, -0.2) is 4.79 Å². The number of amides is 1. The summed E-state index contributed by atoms with van der Waals surface area (Å²) >= 11 is 1.76. The van der Waals surface area contributed by atoms with Gasteiger partial charge in [0.25, 0.3) is 0 Å². The first-order valence-corrected chi connectivity index (χ1v) is 6.43. The van der Waals surface area contributed by atoms with E-state index >= 15 is 0 Å². The fourth-order valence-corrected chi connectivity index (χ4v) is 2.08. The van der Waals surface area contributed by atoms with Gasteiger partial charge in [0.1, 0.15) is 6.61 Å². The van der Waals surface area contributed by atoms with E-state index in [1.807, 2.05) is 6.26 Å². The van der Waals surface area contributed by atoms with Crippen LogP contribution in [-0.4, -0.2) is 42.0 Å². The van der Waals surface area contributed by atoms with Crippen LogP contribution < -0.4 is 5.32 Å². The van der Waals surface area contributed by atoms with Gasteiger partial charge >= 0.3 is 6.09 Å². The predicted molar refractivity (Wildman–Crippen MR) is 63.3 cm³/mol. The molecular weight excluding hydrogens is 214 g/mol. The molecule has 90 valence electrons. The summed E-state index contributed by atoms with van der Waals surface area (Å²) in [6.07, 6.45) is 3.60. The number of carbonyl (C=O) groups is 1. The summed E-state index contributed by atoms with van der Waals surface area (Å²) in [5.74, 6) is 0. The molecule has 15 heavy (non-hydrogen) atoms. The highest BCUT2D eigenvalue weighted by molar-refractivity contribution is 8.00. The number of hydrogen-bond donors (Lipinski definition) is 2. The molecule has 0 spiro atoms. The van der Waals surface area contributed by atoms with Crippen LogP contribution >= 0.6 is 11.8 Å². The molecule has 0 atom stereocenters. The van der Waals surface area contributed by atoms with Gasteiger partial charge in [0.15, 0.2) is 0 Å². The Kier molecular flexibility index (Phi) is 7.60. The van der Waals surface area contributed by atoms with E-state index in [4.69, 9.17) is 9.84 Å². The minimum Gasteiger partial charge on any atom is -0.447 e. The summed E-state index contributed by atoms with van der Waals surface area (Å²) < 4.78 is 4.81. The van der Waals surface area contributed by atoms with Crippen LogP contribution in [0.15, 0.2) is 0 Å². The van der Waals surface area contributed by atoms with Crippen molar-refractivity contribution in [3.8, 4) is 0 Å². The van der Waals surface area contributed by atoms with E-state index in [1.54, 1.807) is 11.8 Å². The Bertz CT molecular complexity index is 175. The Balaban J connectivity index is 3.93. The van der Waals surface area contributed by atoms with E-state index < -0.39 is 6.09 Å². The van der Waals surface area contributed by atoms with Crippen LogP contribution in [-0.2, 0) is 4.74 Å². The van der Waals surface area contributed by atoms with Gasteiger partial charge in [0.05, 0.1) is 6.61 Å². The van der Waals surface area contributed by atoms with E-state index in [9.17, 15) is 4.79 Å². The number of carbonyl (C=O) groups excluding carboxylic acids is 1. The molecule has 0 saturated heterocycles. The molecule has 0 aliphatic heterocycles. The van der Waals surface area contributed by atoms with Crippen molar-refractivity contribution < 1.29 is 14.6 Å². The first kappa shape index (κ1) is 14.6. The molecule has 0 heterocycles. The Labute approximate surface area is 95.8 Å². The molecule has 0 radical (unpaired) electrons. The lowest BCUT2D eigenvalue weighted by Crippen LogP contribution is -2.40. The molecular formula is C10H21NO3S. The second-order valence-electron chi connectivity index (χ2n) is 3.31. The SMILES string of the molecule is CCC(CC)(CNC(=O)OCCO)SC. The first-order valence-electron chi connectivity index (χ1n) is 5.20. The molecule has 0 aliphatic carbocycles. The van der Waals surface area contributed by atoms with Crippen LogP contribution in [0.3, 0.4) is 0 Å². The number of hydrogen-bond acceptors (Lipinski definition) is 4. The van der Waals surface area contributed by atoms with Gasteiger partial charge in [-0.3, -0.25) is 0 Å². The number of aliphatic hydroxyl groups is 1. The minimum absolute atomic E-state index is 0.0519. The molecule has 0 unspecified atom stereocenters. The van der Waals surface area contributed by atoms with E-state index in [0.29, 0.717) is 6.54 Å². The molecule has 0 aromatic heterocycles. The van der Waals surface area contributed by atoms with Crippen LogP contribution in [0, 0.1) is 0 Å². The van der Waals surface area contributed by atoms with Crippen molar-refractivity contribution in [1.82, 2.24) is 5.32 Å². The lowest BCUT2D eigenvalue weighted by Gasteiger charge is -2.29. The molecule has 2 N–H and O–H groups in total. The zero-order valence-electron chi connectivity index (χ0n) is 9.71. The van der Waals surface area contributed by atoms with Gasteiger partial charge in [-0.2, -0.15) is 11.8 Å². The highest BCUT2D eigenvalue weighted by Crippen LogP contribution is 2.29. The number of ether oxygens (including phenoxy) is 1. The first-order chi connectivity index (χ1) is 7.14. The number of rotatable bonds is 7. The maximum atomic E-state index is 11.1. The smallest absolute Gasteiger partial charge is 0.407 e. The average Bonchev–Trinajstić information content (AvgIpc) is 2.29. The van der Waals surface area contributed by atoms with E-state index in [1.165, 1.54) is 0 Å². The maximum Gasteiger partial charge on any atom is 0.407 e. The monoisotopic (exact) mass is 235 g/mol. The van der Waals surface area contributed by atoms with E-state index in [2.05, 4.69) is 19.2 Å². The van der Waals surface area contributed by atoms with E-state index in [0.717, 1.165) is 12.8 Å². The fraction of sp³-hybridized carbons (Fsp3) is 0.900. The summed E-state index contributed by atoms with van der Waals surface area (Å²) in [5, 5.41) is 11.2. The Hall–Kier alpha value is -0.420. The molecule has 5 heteroatoms. The Morgan fingerprint density at radius 3 is 2.47 bits per heavy atom. The van der Waals surface area contributed by atoms with Crippen molar-refractivity contribution >= 4 is 17.9 Å². The number of aliphatic hydroxyl groups excluding tert-OH is 1. The van der Waals surface area contributed by atoms with Gasteiger partial charge in [-0.15, -0.1) is 0 Å². The Morgan fingerprint density at radius 2 is 2.07 bits per heavy atom. The number of alkyl carbamates (subject to hydrolysis) is 1. The van der Waals surface area contributed by atoms with Gasteiger partial charge in [0, 0.05) is 11.3 Å². The van der Waals surface area contributed by atoms with Crippen LogP contribution in [0.4, 0.5) is 4.79 Å². The molecule has 0 saturated carbocycles. The maximum absolute atomic E-state index is 11.1. The van der Waals surface area contributed by atoms with E-state index in [-0.39, 0.29) is 18.0 Å². The van der Waals surface area contributed by atoms with Crippen LogP contribution in [0.25, 0.3) is 0 Å². The molecule has 0 aromatic carbocycles. The molecule has 0 fully saturated rings. The van der Waals surface area contributed by atoms with Crippen molar-refractivity contribution in [1.29, 1.82) is 0 Å². The standard InChI is InChI=1S/C10H21NO3S/c1-4-10(5-2,15-3)8-11-9(13)14-7-6-12/h12H,4-8H2,1-3H3,(H,11,13). The van der Waals surface area contributed by atoms with Crippen molar-refractivity contribution in [2.45, 2.75) is 31.4 Å². The van der Waals surface area contributed by atoms with Crippen LogP contribution in [0.2, 0.25) is 0 Å². The van der Waals surface area contributed by atoms with Crippen molar-refractivity contribution in [3.05, 3.63) is 0 Å². The third kappa shape index (κ3) is 5.28. The van der Waals surface area contributed by atoms with Crippen molar-refractivity contribution in [2.24, 2.45) is 0 Å². The largest absolute Gasteiger partial charge is 0.447 e. The van der Waals surface area contributed by atoms with Crippen molar-refractivity contribution in [3.63, 3.8) is 0 Å². The quantitative estimate of drug-likeness (QED) is 0.704. The van der Waals surface area contributed by atoms with Gasteiger partial charge in [-0.1, -0.05) is 13.8 Å². The second-order valence-corrected chi connectivity index (χ2v) is 4.58. The molecule has 0 aliphatic rings. The lowest BCUT2D eigenvalue weighted by atomic mass is 10.0. The highest BCUT2D eigenvalue weighted by Gasteiger charge is 2.25. The summed E-state index contributed by atoms with van der Waals surface area (Å²) in [5.41, 5.74) is 0. The molecule has 0 rings (SSSR count). The van der Waals surface area contributed by atoms with Crippen LogP contribution in [0.1, 0.15) is 26.7 Å². The average molecular weight is 235 g/mol. The summed E-state index contributed by atoms with van der Waals surface area (Å²) in [7, 11) is 0. The molecule has 0 aromatic rings. The lowest BCUT2D eigenvalue weighted by molar-refractivity contribution is 0.118. The summed E-state index contributed by atoms with van der Waals surface area (Å²) in [6.45, 7) is 4.74.